The second-order valence-corrected chi connectivity index (χ2v) is 5.45. The summed E-state index contributed by atoms with van der Waals surface area (Å²) in [5.74, 6) is -0.647. The van der Waals surface area contributed by atoms with Gasteiger partial charge in [0.1, 0.15) is 12.0 Å². The summed E-state index contributed by atoms with van der Waals surface area (Å²) in [7, 11) is 0. The summed E-state index contributed by atoms with van der Waals surface area (Å²) in [6, 6.07) is 6.79. The summed E-state index contributed by atoms with van der Waals surface area (Å²) < 4.78 is 5.59. The van der Waals surface area contributed by atoms with E-state index < -0.39 is 17.9 Å². The van der Waals surface area contributed by atoms with Crippen LogP contribution in [0.4, 0.5) is 0 Å². The van der Waals surface area contributed by atoms with Gasteiger partial charge in [-0.2, -0.15) is 0 Å². The number of ether oxygens (including phenoxy) is 1. The van der Waals surface area contributed by atoms with Gasteiger partial charge in [0.15, 0.2) is 0 Å². The van der Waals surface area contributed by atoms with Crippen molar-refractivity contribution in [2.75, 3.05) is 6.61 Å². The van der Waals surface area contributed by atoms with E-state index in [9.17, 15) is 14.4 Å². The lowest BCUT2D eigenvalue weighted by Crippen LogP contribution is -2.40. The highest BCUT2D eigenvalue weighted by molar-refractivity contribution is 5.86. The van der Waals surface area contributed by atoms with Crippen molar-refractivity contribution in [3.63, 3.8) is 0 Å². The van der Waals surface area contributed by atoms with E-state index in [1.807, 2.05) is 24.3 Å². The van der Waals surface area contributed by atoms with Crippen molar-refractivity contribution in [2.45, 2.75) is 31.7 Å². The number of amides is 2. The first-order valence-corrected chi connectivity index (χ1v) is 7.34. The summed E-state index contributed by atoms with van der Waals surface area (Å²) in [6.07, 6.45) is 2.20. The van der Waals surface area contributed by atoms with Crippen molar-refractivity contribution in [1.29, 1.82) is 0 Å². The van der Waals surface area contributed by atoms with E-state index in [-0.39, 0.29) is 12.3 Å². The number of nitrogens with one attached hydrogen (secondary N) is 1. The van der Waals surface area contributed by atoms with Gasteiger partial charge in [0, 0.05) is 12.3 Å². The summed E-state index contributed by atoms with van der Waals surface area (Å²) in [5.41, 5.74) is 6.26. The molecule has 6 heteroatoms. The van der Waals surface area contributed by atoms with Crippen LogP contribution in [0.15, 0.2) is 24.3 Å². The average Bonchev–Trinajstić information content (AvgIpc) is 2.50. The highest BCUT2D eigenvalue weighted by atomic mass is 16.5. The number of carbonyl (C=O) groups is 3. The minimum atomic E-state index is -0.615. The number of hydrogen-bond acceptors (Lipinski definition) is 4. The summed E-state index contributed by atoms with van der Waals surface area (Å²) in [4.78, 5) is 34.5. The smallest absolute Gasteiger partial charge is 0.221 e. The lowest BCUT2D eigenvalue weighted by atomic mass is 9.97. The van der Waals surface area contributed by atoms with Gasteiger partial charge < -0.3 is 20.6 Å². The van der Waals surface area contributed by atoms with Crippen LogP contribution in [0, 0.1) is 5.92 Å². The number of hydrogen-bond donors (Lipinski definition) is 2. The molecule has 0 unspecified atom stereocenters. The van der Waals surface area contributed by atoms with E-state index in [2.05, 4.69) is 5.32 Å². The maximum atomic E-state index is 12.0. The van der Waals surface area contributed by atoms with Crippen LogP contribution < -0.4 is 15.8 Å². The first-order chi connectivity index (χ1) is 10.6. The largest absolute Gasteiger partial charge is 0.494 e. The topological polar surface area (TPSA) is 98.5 Å². The Balaban J connectivity index is 2.16. The minimum absolute atomic E-state index is 0.00272. The van der Waals surface area contributed by atoms with Crippen LogP contribution in [-0.2, 0) is 20.8 Å². The third-order valence-corrected chi connectivity index (χ3v) is 3.69. The van der Waals surface area contributed by atoms with Crippen molar-refractivity contribution in [3.05, 3.63) is 29.8 Å². The molecule has 2 aliphatic heterocycles. The standard InChI is InChI=1S/C16H20N2O4/c17-16(21)12-2-1-7-22-14-5-3-11(4-6-14)8-13(10-19)18-15(20)9-12/h3-6,10,12-13H,1-2,7-9H2,(H2,17,21)(H,18,20)/t12-,13-/m0/s1. The van der Waals surface area contributed by atoms with Crippen LogP contribution in [0.2, 0.25) is 0 Å². The number of benzene rings is 1. The van der Waals surface area contributed by atoms with E-state index >= 15 is 0 Å². The minimum Gasteiger partial charge on any atom is -0.494 e. The Kier molecular flexibility index (Phi) is 5.52. The molecule has 0 spiro atoms. The zero-order valence-electron chi connectivity index (χ0n) is 12.3. The van der Waals surface area contributed by atoms with Crippen LogP contribution in [0.3, 0.4) is 0 Å². The number of carbonyl (C=O) groups excluding carboxylic acids is 3. The second-order valence-electron chi connectivity index (χ2n) is 5.45. The van der Waals surface area contributed by atoms with Gasteiger partial charge in [0.05, 0.1) is 12.6 Å². The van der Waals surface area contributed by atoms with Gasteiger partial charge in [-0.1, -0.05) is 12.1 Å². The van der Waals surface area contributed by atoms with Crippen molar-refractivity contribution >= 4 is 18.1 Å². The quantitative estimate of drug-likeness (QED) is 0.781. The first kappa shape index (κ1) is 16.0. The number of fused-ring (bicyclic) bond motifs is 11. The number of aldehydes is 1. The van der Waals surface area contributed by atoms with E-state index in [1.54, 1.807) is 0 Å². The number of rotatable bonds is 2. The van der Waals surface area contributed by atoms with Crippen LogP contribution in [0.5, 0.6) is 5.75 Å². The maximum absolute atomic E-state index is 12.0. The summed E-state index contributed by atoms with van der Waals surface area (Å²) in [6.45, 7) is 0.460. The number of primary amides is 1. The molecular formula is C16H20N2O4. The first-order valence-electron chi connectivity index (χ1n) is 7.34. The maximum Gasteiger partial charge on any atom is 0.221 e. The number of nitrogens with two attached hydrogens (primary N) is 1. The van der Waals surface area contributed by atoms with Crippen LogP contribution in [0.25, 0.3) is 0 Å². The Hall–Kier alpha value is -2.37. The van der Waals surface area contributed by atoms with E-state index in [0.717, 1.165) is 11.3 Å². The van der Waals surface area contributed by atoms with Gasteiger partial charge in [0.25, 0.3) is 0 Å². The molecule has 2 heterocycles. The summed E-state index contributed by atoms with van der Waals surface area (Å²) >= 11 is 0. The van der Waals surface area contributed by atoms with E-state index in [1.165, 1.54) is 0 Å². The zero-order valence-corrected chi connectivity index (χ0v) is 12.3. The second kappa shape index (κ2) is 7.59. The van der Waals surface area contributed by atoms with Crippen molar-refractivity contribution in [2.24, 2.45) is 11.7 Å². The predicted molar refractivity (Wildman–Crippen MR) is 80.2 cm³/mol. The molecule has 2 aliphatic rings. The molecule has 118 valence electrons. The lowest BCUT2D eigenvalue weighted by molar-refractivity contribution is -0.129. The van der Waals surface area contributed by atoms with Crippen LogP contribution in [-0.4, -0.2) is 30.7 Å². The van der Waals surface area contributed by atoms with Gasteiger partial charge >= 0.3 is 0 Å². The summed E-state index contributed by atoms with van der Waals surface area (Å²) in [5, 5.41) is 2.65. The fourth-order valence-electron chi connectivity index (χ4n) is 2.46. The normalized spacial score (nSPS) is 23.0. The lowest BCUT2D eigenvalue weighted by Gasteiger charge is -2.18. The molecule has 1 aromatic carbocycles. The molecule has 0 aromatic heterocycles. The van der Waals surface area contributed by atoms with Crippen molar-refractivity contribution < 1.29 is 19.1 Å². The molecule has 0 radical (unpaired) electrons. The zero-order chi connectivity index (χ0) is 15.9. The molecule has 2 bridgehead atoms. The molecule has 0 aliphatic carbocycles. The molecule has 22 heavy (non-hydrogen) atoms. The highest BCUT2D eigenvalue weighted by Gasteiger charge is 2.21. The Morgan fingerprint density at radius 3 is 2.64 bits per heavy atom. The molecular weight excluding hydrogens is 284 g/mol. The molecule has 2 amide bonds. The fraction of sp³-hybridized carbons (Fsp3) is 0.438. The fourth-order valence-corrected chi connectivity index (χ4v) is 2.46. The van der Waals surface area contributed by atoms with Gasteiger partial charge in [0.2, 0.25) is 11.8 Å². The molecule has 1 aromatic rings. The predicted octanol–water partition coefficient (Wildman–Crippen LogP) is 0.577. The highest BCUT2D eigenvalue weighted by Crippen LogP contribution is 2.17. The Labute approximate surface area is 129 Å². The van der Waals surface area contributed by atoms with E-state index in [4.69, 9.17) is 10.5 Å². The Morgan fingerprint density at radius 2 is 2.00 bits per heavy atom. The SMILES string of the molecule is NC(=O)[C@H]1CCCOc2ccc(cc2)C[C@@H](C=O)NC(=O)C1. The van der Waals surface area contributed by atoms with Crippen molar-refractivity contribution in [1.82, 2.24) is 5.32 Å². The molecule has 3 N–H and O–H groups in total. The molecule has 0 fully saturated rings. The van der Waals surface area contributed by atoms with Crippen molar-refractivity contribution in [3.8, 4) is 5.75 Å². The van der Waals surface area contributed by atoms with Crippen LogP contribution in [0.1, 0.15) is 24.8 Å². The van der Waals surface area contributed by atoms with Gasteiger partial charge in [-0.25, -0.2) is 0 Å². The average molecular weight is 304 g/mol. The monoisotopic (exact) mass is 304 g/mol. The van der Waals surface area contributed by atoms with Gasteiger partial charge in [-0.3, -0.25) is 9.59 Å². The molecule has 0 saturated carbocycles. The molecule has 0 saturated heterocycles. The Morgan fingerprint density at radius 1 is 1.27 bits per heavy atom. The van der Waals surface area contributed by atoms with Gasteiger partial charge in [-0.05, 0) is 37.0 Å². The third kappa shape index (κ3) is 4.58. The Bertz CT molecular complexity index is 542. The third-order valence-electron chi connectivity index (χ3n) is 3.69. The van der Waals surface area contributed by atoms with Gasteiger partial charge in [-0.15, -0.1) is 0 Å². The molecule has 6 nitrogen and oxygen atoms in total. The molecule has 2 atom stereocenters. The van der Waals surface area contributed by atoms with E-state index in [0.29, 0.717) is 32.2 Å². The van der Waals surface area contributed by atoms with Crippen LogP contribution >= 0.6 is 0 Å². The molecule has 3 rings (SSSR count).